The molecule has 1 radical (unpaired) electrons. The molecule has 0 unspecified atom stereocenters. The summed E-state index contributed by atoms with van der Waals surface area (Å²) in [5, 5.41) is 3.77. The Hall–Kier alpha value is -1.83. The smallest absolute Gasteiger partial charge is 0.364 e. The summed E-state index contributed by atoms with van der Waals surface area (Å²) >= 11 is 0. The molecule has 0 bridgehead atoms. The van der Waals surface area contributed by atoms with Gasteiger partial charge in [0.15, 0.2) is 9.84 Å². The number of benzene rings is 1. The van der Waals surface area contributed by atoms with E-state index >= 15 is 0 Å². The highest BCUT2D eigenvalue weighted by molar-refractivity contribution is 7.90. The standard InChI is InChI=1S/C14H11F3NO3S/c1-22(19,20)9-4-5-10(12(6-9)14(15,16)17)11-7-21-18-13(11)8-2-3-8/h5-8H,2-3H2,1H3. The van der Waals surface area contributed by atoms with Crippen molar-refractivity contribution in [3.05, 3.63) is 35.7 Å². The first-order valence-electron chi connectivity index (χ1n) is 6.45. The van der Waals surface area contributed by atoms with E-state index in [-0.39, 0.29) is 17.0 Å². The minimum Gasteiger partial charge on any atom is -0.364 e. The van der Waals surface area contributed by atoms with Gasteiger partial charge in [0.2, 0.25) is 0 Å². The van der Waals surface area contributed by atoms with Crippen molar-refractivity contribution in [2.75, 3.05) is 6.26 Å². The van der Waals surface area contributed by atoms with Crippen LogP contribution in [0.4, 0.5) is 13.2 Å². The first-order valence-corrected chi connectivity index (χ1v) is 8.34. The van der Waals surface area contributed by atoms with Gasteiger partial charge in [-0.05, 0) is 30.5 Å². The highest BCUT2D eigenvalue weighted by atomic mass is 32.2. The topological polar surface area (TPSA) is 60.2 Å². The van der Waals surface area contributed by atoms with E-state index in [0.717, 1.165) is 31.4 Å². The molecule has 1 aromatic heterocycles. The molecule has 0 aliphatic heterocycles. The molecule has 0 spiro atoms. The van der Waals surface area contributed by atoms with Crippen molar-refractivity contribution in [3.8, 4) is 11.1 Å². The Balaban J connectivity index is 2.21. The number of aromatic nitrogens is 1. The predicted molar refractivity (Wildman–Crippen MR) is 70.9 cm³/mol. The van der Waals surface area contributed by atoms with Crippen LogP contribution in [0.3, 0.4) is 0 Å². The molecule has 0 atom stereocenters. The van der Waals surface area contributed by atoms with Crippen LogP contribution < -0.4 is 0 Å². The summed E-state index contributed by atoms with van der Waals surface area (Å²) in [5.41, 5.74) is -0.475. The second-order valence-electron chi connectivity index (χ2n) is 5.28. The lowest BCUT2D eigenvalue weighted by Crippen LogP contribution is -2.10. The number of halogens is 3. The van der Waals surface area contributed by atoms with Crippen LogP contribution in [0.15, 0.2) is 27.8 Å². The Morgan fingerprint density at radius 1 is 1.32 bits per heavy atom. The summed E-state index contributed by atoms with van der Waals surface area (Å²) in [6, 6.07) is 4.05. The molecule has 1 heterocycles. The van der Waals surface area contributed by atoms with Crippen LogP contribution >= 0.6 is 0 Å². The Bertz CT molecular complexity index is 820. The second-order valence-corrected chi connectivity index (χ2v) is 7.27. The number of hydrogen-bond donors (Lipinski definition) is 0. The highest BCUT2D eigenvalue weighted by Gasteiger charge is 2.37. The van der Waals surface area contributed by atoms with E-state index in [1.807, 2.05) is 0 Å². The van der Waals surface area contributed by atoms with Crippen molar-refractivity contribution in [1.82, 2.24) is 5.16 Å². The number of alkyl halides is 3. The Labute approximate surface area is 124 Å². The molecule has 1 fully saturated rings. The van der Waals surface area contributed by atoms with Crippen molar-refractivity contribution in [2.45, 2.75) is 29.8 Å². The van der Waals surface area contributed by atoms with Crippen LogP contribution in [0.2, 0.25) is 0 Å². The average molecular weight is 330 g/mol. The van der Waals surface area contributed by atoms with Crippen LogP contribution in [0, 0.1) is 6.07 Å². The van der Waals surface area contributed by atoms with Gasteiger partial charge >= 0.3 is 6.18 Å². The summed E-state index contributed by atoms with van der Waals surface area (Å²) in [5.74, 6) is 0.101. The highest BCUT2D eigenvalue weighted by Crippen LogP contribution is 2.46. The summed E-state index contributed by atoms with van der Waals surface area (Å²) in [6.07, 6.45) is -0.986. The maximum Gasteiger partial charge on any atom is 0.417 e. The van der Waals surface area contributed by atoms with Gasteiger partial charge in [0, 0.05) is 23.8 Å². The Kier molecular flexibility index (Phi) is 3.32. The largest absolute Gasteiger partial charge is 0.417 e. The lowest BCUT2D eigenvalue weighted by atomic mass is 9.98. The zero-order valence-electron chi connectivity index (χ0n) is 11.4. The molecule has 2 aromatic rings. The van der Waals surface area contributed by atoms with Gasteiger partial charge in [-0.1, -0.05) is 5.16 Å². The zero-order chi connectivity index (χ0) is 16.1. The molecule has 0 N–H and O–H groups in total. The SMILES string of the molecule is CS(=O)(=O)c1[c]cc(-c2conc2C2CC2)c(C(F)(F)F)c1. The maximum absolute atomic E-state index is 13.3. The Morgan fingerprint density at radius 3 is 2.55 bits per heavy atom. The van der Waals surface area contributed by atoms with Crippen molar-refractivity contribution in [1.29, 1.82) is 0 Å². The summed E-state index contributed by atoms with van der Waals surface area (Å²) in [7, 11) is -3.78. The first kappa shape index (κ1) is 15.1. The van der Waals surface area contributed by atoms with Crippen LogP contribution in [-0.4, -0.2) is 19.8 Å². The van der Waals surface area contributed by atoms with E-state index in [0.29, 0.717) is 11.8 Å². The molecule has 1 aliphatic carbocycles. The van der Waals surface area contributed by atoms with Gasteiger partial charge in [-0.3, -0.25) is 0 Å². The average Bonchev–Trinajstić information content (AvgIpc) is 3.13. The number of sulfone groups is 1. The molecule has 0 saturated heterocycles. The van der Waals surface area contributed by atoms with Crippen molar-refractivity contribution in [2.24, 2.45) is 0 Å². The van der Waals surface area contributed by atoms with Crippen LogP contribution in [0.25, 0.3) is 11.1 Å². The molecule has 22 heavy (non-hydrogen) atoms. The zero-order valence-corrected chi connectivity index (χ0v) is 12.3. The fourth-order valence-electron chi connectivity index (χ4n) is 2.24. The fourth-order valence-corrected chi connectivity index (χ4v) is 2.85. The molecule has 1 saturated carbocycles. The summed E-state index contributed by atoms with van der Waals surface area (Å²) in [4.78, 5) is -0.493. The van der Waals surface area contributed by atoms with Crippen molar-refractivity contribution in [3.63, 3.8) is 0 Å². The van der Waals surface area contributed by atoms with Gasteiger partial charge in [-0.15, -0.1) is 0 Å². The fraction of sp³-hybridized carbons (Fsp3) is 0.357. The van der Waals surface area contributed by atoms with E-state index < -0.39 is 26.5 Å². The van der Waals surface area contributed by atoms with Crippen molar-refractivity contribution < 1.29 is 26.1 Å². The third kappa shape index (κ3) is 2.75. The predicted octanol–water partition coefficient (Wildman–Crippen LogP) is 3.44. The quantitative estimate of drug-likeness (QED) is 0.865. The van der Waals surface area contributed by atoms with Crippen LogP contribution in [-0.2, 0) is 16.0 Å². The molecular formula is C14H11F3NO3S. The van der Waals surface area contributed by atoms with Gasteiger partial charge in [-0.2, -0.15) is 13.2 Å². The lowest BCUT2D eigenvalue weighted by molar-refractivity contribution is -0.137. The third-order valence-electron chi connectivity index (χ3n) is 3.48. The van der Waals surface area contributed by atoms with Crippen molar-refractivity contribution >= 4 is 9.84 Å². The monoisotopic (exact) mass is 330 g/mol. The molecule has 8 heteroatoms. The molecule has 1 aromatic carbocycles. The molecule has 117 valence electrons. The van der Waals surface area contributed by atoms with Gasteiger partial charge in [0.25, 0.3) is 0 Å². The minimum atomic E-state index is -4.69. The van der Waals surface area contributed by atoms with Gasteiger partial charge < -0.3 is 4.52 Å². The third-order valence-corrected chi connectivity index (χ3v) is 4.52. The Morgan fingerprint density at radius 2 is 2.00 bits per heavy atom. The first-order chi connectivity index (χ1) is 10.2. The van der Waals surface area contributed by atoms with Crippen LogP contribution in [0.1, 0.15) is 30.0 Å². The van der Waals surface area contributed by atoms with E-state index in [1.54, 1.807) is 0 Å². The minimum absolute atomic E-state index is 0.101. The number of hydrogen-bond acceptors (Lipinski definition) is 4. The van der Waals surface area contributed by atoms with Gasteiger partial charge in [-0.25, -0.2) is 8.42 Å². The van der Waals surface area contributed by atoms with E-state index in [1.165, 1.54) is 0 Å². The van der Waals surface area contributed by atoms with Gasteiger partial charge in [0.1, 0.15) is 6.26 Å². The van der Waals surface area contributed by atoms with E-state index in [4.69, 9.17) is 4.52 Å². The molecule has 0 amide bonds. The summed E-state index contributed by atoms with van der Waals surface area (Å²) in [6.45, 7) is 0. The molecule has 1 aliphatic rings. The maximum atomic E-state index is 13.3. The summed E-state index contributed by atoms with van der Waals surface area (Å²) < 4.78 is 67.6. The normalized spacial score (nSPS) is 16.0. The molecule has 3 rings (SSSR count). The number of nitrogens with zero attached hydrogens (tertiary/aromatic N) is 1. The molecule has 4 nitrogen and oxygen atoms in total. The van der Waals surface area contributed by atoms with Gasteiger partial charge in [0.05, 0.1) is 16.2 Å². The molecular weight excluding hydrogens is 319 g/mol. The van der Waals surface area contributed by atoms with Crippen LogP contribution in [0.5, 0.6) is 0 Å². The van der Waals surface area contributed by atoms with E-state index in [2.05, 4.69) is 11.2 Å². The second kappa shape index (κ2) is 4.84. The number of rotatable bonds is 3. The van der Waals surface area contributed by atoms with E-state index in [9.17, 15) is 21.6 Å². The lowest BCUT2D eigenvalue weighted by Gasteiger charge is -2.13.